The second kappa shape index (κ2) is 12.2. The van der Waals surface area contributed by atoms with Crippen LogP contribution in [0.2, 0.25) is 0 Å². The molecule has 0 unspecified atom stereocenters. The number of para-hydroxylation sites is 1. The Labute approximate surface area is 244 Å². The molecule has 0 spiro atoms. The molecular formula is C29H35FN6O5S. The van der Waals surface area contributed by atoms with Crippen LogP contribution in [0.4, 0.5) is 21.7 Å². The zero-order valence-electron chi connectivity index (χ0n) is 23.7. The third kappa shape index (κ3) is 6.19. The van der Waals surface area contributed by atoms with Gasteiger partial charge in [-0.3, -0.25) is 4.31 Å². The number of benzene rings is 2. The number of rotatable bonds is 10. The van der Waals surface area contributed by atoms with Gasteiger partial charge in [0.15, 0.2) is 0 Å². The SMILES string of the molecule is COc1cc(C2CCN(C[C@@H](O)CO)CC2)c(F)cc1Nc1ncc2ccc(-c3ccccc3N(C)S(C)(=O)=O)n2n1. The molecule has 1 atom stereocenters. The molecule has 0 aliphatic carbocycles. The first-order valence-electron chi connectivity index (χ1n) is 13.6. The van der Waals surface area contributed by atoms with Crippen LogP contribution < -0.4 is 14.4 Å². The van der Waals surface area contributed by atoms with Crippen LogP contribution in [-0.4, -0.2) is 90.9 Å². The van der Waals surface area contributed by atoms with Gasteiger partial charge in [0, 0.05) is 25.2 Å². The van der Waals surface area contributed by atoms with E-state index in [1.807, 2.05) is 24.3 Å². The van der Waals surface area contributed by atoms with Crippen molar-refractivity contribution in [3.63, 3.8) is 0 Å². The Kier molecular flexibility index (Phi) is 8.64. The quantitative estimate of drug-likeness (QED) is 0.252. The Morgan fingerprint density at radius 3 is 2.62 bits per heavy atom. The Balaban J connectivity index is 1.41. The Hall–Kier alpha value is -3.78. The lowest BCUT2D eigenvalue weighted by Crippen LogP contribution is -2.39. The molecular weight excluding hydrogens is 563 g/mol. The van der Waals surface area contributed by atoms with Gasteiger partial charge < -0.3 is 25.2 Å². The molecule has 5 rings (SSSR count). The number of anilines is 3. The third-order valence-electron chi connectivity index (χ3n) is 7.69. The summed E-state index contributed by atoms with van der Waals surface area (Å²) in [4.78, 5) is 6.46. The van der Waals surface area contributed by atoms with Crippen molar-refractivity contribution in [2.75, 3.05) is 56.3 Å². The lowest BCUT2D eigenvalue weighted by Gasteiger charge is -2.33. The van der Waals surface area contributed by atoms with E-state index < -0.39 is 16.1 Å². The largest absolute Gasteiger partial charge is 0.495 e. The minimum absolute atomic E-state index is 0.00404. The van der Waals surface area contributed by atoms with E-state index in [0.717, 1.165) is 19.1 Å². The van der Waals surface area contributed by atoms with E-state index in [4.69, 9.17) is 9.84 Å². The van der Waals surface area contributed by atoms with Crippen LogP contribution >= 0.6 is 0 Å². The van der Waals surface area contributed by atoms with Crippen molar-refractivity contribution in [2.45, 2.75) is 24.9 Å². The van der Waals surface area contributed by atoms with Crippen molar-refractivity contribution in [3.8, 4) is 17.0 Å². The fourth-order valence-corrected chi connectivity index (χ4v) is 5.87. The Morgan fingerprint density at radius 2 is 1.93 bits per heavy atom. The number of methoxy groups -OCH3 is 1. The minimum Gasteiger partial charge on any atom is -0.495 e. The normalized spacial score (nSPS) is 15.6. The Bertz CT molecular complexity index is 1670. The monoisotopic (exact) mass is 598 g/mol. The maximum Gasteiger partial charge on any atom is 0.245 e. The highest BCUT2D eigenvalue weighted by molar-refractivity contribution is 7.92. The summed E-state index contributed by atoms with van der Waals surface area (Å²) in [6.45, 7) is 1.50. The number of aliphatic hydroxyl groups is 2. The molecule has 1 fully saturated rings. The summed E-state index contributed by atoms with van der Waals surface area (Å²) in [5.74, 6) is 0.277. The van der Waals surface area contributed by atoms with Gasteiger partial charge in [-0.05, 0) is 61.7 Å². The number of likely N-dealkylation sites (tertiary alicyclic amines) is 1. The lowest BCUT2D eigenvalue weighted by molar-refractivity contribution is 0.0511. The minimum atomic E-state index is -3.50. The Morgan fingerprint density at radius 1 is 1.19 bits per heavy atom. The van der Waals surface area contributed by atoms with Crippen molar-refractivity contribution in [1.29, 1.82) is 0 Å². The summed E-state index contributed by atoms with van der Waals surface area (Å²) in [5.41, 5.74) is 3.46. The van der Waals surface area contributed by atoms with Gasteiger partial charge in [0.05, 0.1) is 54.9 Å². The molecule has 0 bridgehead atoms. The van der Waals surface area contributed by atoms with Crippen LogP contribution in [0.25, 0.3) is 16.8 Å². The molecule has 11 nitrogen and oxygen atoms in total. The molecule has 1 saturated heterocycles. The molecule has 42 heavy (non-hydrogen) atoms. The second-order valence-electron chi connectivity index (χ2n) is 10.5. The van der Waals surface area contributed by atoms with Gasteiger partial charge in [0.25, 0.3) is 0 Å². The number of halogens is 1. The van der Waals surface area contributed by atoms with Crippen molar-refractivity contribution < 1.29 is 27.8 Å². The van der Waals surface area contributed by atoms with Gasteiger partial charge >= 0.3 is 0 Å². The summed E-state index contributed by atoms with van der Waals surface area (Å²) < 4.78 is 48.5. The summed E-state index contributed by atoms with van der Waals surface area (Å²) in [6.07, 6.45) is 3.43. The number of aliphatic hydroxyl groups excluding tert-OH is 2. The van der Waals surface area contributed by atoms with E-state index in [9.17, 15) is 13.5 Å². The van der Waals surface area contributed by atoms with Gasteiger partial charge in [-0.15, -0.1) is 5.10 Å². The first-order chi connectivity index (χ1) is 20.1. The molecule has 224 valence electrons. The number of sulfonamides is 1. The van der Waals surface area contributed by atoms with Crippen LogP contribution in [0.5, 0.6) is 5.75 Å². The number of fused-ring (bicyclic) bond motifs is 1. The van der Waals surface area contributed by atoms with Crippen LogP contribution in [-0.2, 0) is 10.0 Å². The zero-order chi connectivity index (χ0) is 30.0. The number of aromatic nitrogens is 3. The number of ether oxygens (including phenoxy) is 1. The molecule has 4 aromatic rings. The van der Waals surface area contributed by atoms with Crippen molar-refractivity contribution in [3.05, 3.63) is 66.1 Å². The molecule has 2 aromatic heterocycles. The average Bonchev–Trinajstić information content (AvgIpc) is 3.40. The zero-order valence-corrected chi connectivity index (χ0v) is 24.6. The van der Waals surface area contributed by atoms with E-state index in [2.05, 4.69) is 20.3 Å². The van der Waals surface area contributed by atoms with E-state index in [1.54, 1.807) is 28.9 Å². The fraction of sp³-hybridized carbons (Fsp3) is 0.379. The highest BCUT2D eigenvalue weighted by Crippen LogP contribution is 2.37. The fourth-order valence-electron chi connectivity index (χ4n) is 5.36. The maximum absolute atomic E-state index is 15.4. The van der Waals surface area contributed by atoms with Crippen LogP contribution in [0, 0.1) is 5.82 Å². The number of β-amino-alcohol motifs (C(OH)–C–C–N with tert-alkyl or cyclic N) is 1. The molecule has 1 aliphatic rings. The van der Waals surface area contributed by atoms with E-state index >= 15 is 4.39 Å². The van der Waals surface area contributed by atoms with E-state index in [-0.39, 0.29) is 24.3 Å². The van der Waals surface area contributed by atoms with Gasteiger partial charge in [0.2, 0.25) is 16.0 Å². The standard InChI is InChI=1S/C29H35FN6O5S/c1-34(42(3,39)40)26-7-5-4-6-22(26)27-9-8-20-16-31-29(33-36(20)27)32-25-15-24(30)23(14-28(25)41-2)19-10-12-35(13-11-19)17-21(38)18-37/h4-9,14-16,19,21,37-38H,10-13,17-18H2,1-3H3,(H,32,33)/t21-/m1/s1. The first-order valence-corrected chi connectivity index (χ1v) is 15.5. The second-order valence-corrected chi connectivity index (χ2v) is 12.5. The number of nitrogens with one attached hydrogen (secondary N) is 1. The highest BCUT2D eigenvalue weighted by atomic mass is 32.2. The predicted molar refractivity (Wildman–Crippen MR) is 159 cm³/mol. The summed E-state index contributed by atoms with van der Waals surface area (Å²) in [6, 6.07) is 13.9. The number of piperidine rings is 1. The molecule has 0 amide bonds. The predicted octanol–water partition coefficient (Wildman–Crippen LogP) is 3.22. The highest BCUT2D eigenvalue weighted by Gasteiger charge is 2.26. The summed E-state index contributed by atoms with van der Waals surface area (Å²) in [5, 5.41) is 26.5. The van der Waals surface area contributed by atoms with Gasteiger partial charge in [-0.1, -0.05) is 18.2 Å². The molecule has 3 N–H and O–H groups in total. The lowest BCUT2D eigenvalue weighted by atomic mass is 9.88. The maximum atomic E-state index is 15.4. The van der Waals surface area contributed by atoms with Crippen molar-refractivity contribution in [2.24, 2.45) is 0 Å². The van der Waals surface area contributed by atoms with E-state index in [1.165, 1.54) is 24.5 Å². The number of hydrogen-bond acceptors (Lipinski definition) is 9. The molecule has 13 heteroatoms. The number of nitrogens with zero attached hydrogens (tertiary/aromatic N) is 5. The summed E-state index contributed by atoms with van der Waals surface area (Å²) >= 11 is 0. The van der Waals surface area contributed by atoms with Crippen LogP contribution in [0.3, 0.4) is 0 Å². The van der Waals surface area contributed by atoms with Gasteiger partial charge in [-0.25, -0.2) is 22.3 Å². The molecule has 0 saturated carbocycles. The number of hydrogen-bond donors (Lipinski definition) is 3. The first kappa shape index (κ1) is 29.7. The van der Waals surface area contributed by atoms with Crippen molar-refractivity contribution >= 4 is 32.9 Å². The molecule has 3 heterocycles. The summed E-state index contributed by atoms with van der Waals surface area (Å²) in [7, 11) is -0.476. The van der Waals surface area contributed by atoms with Crippen LogP contribution in [0.1, 0.15) is 24.3 Å². The van der Waals surface area contributed by atoms with Crippen LogP contribution in [0.15, 0.2) is 54.7 Å². The third-order valence-corrected chi connectivity index (χ3v) is 8.88. The van der Waals surface area contributed by atoms with E-state index in [0.29, 0.717) is 59.1 Å². The van der Waals surface area contributed by atoms with Crippen molar-refractivity contribution in [1.82, 2.24) is 19.5 Å². The molecule has 2 aromatic carbocycles. The average molecular weight is 599 g/mol. The molecule has 1 aliphatic heterocycles. The van der Waals surface area contributed by atoms with Gasteiger partial charge in [-0.2, -0.15) is 0 Å². The topological polar surface area (TPSA) is 133 Å². The smallest absolute Gasteiger partial charge is 0.245 e. The van der Waals surface area contributed by atoms with Gasteiger partial charge in [0.1, 0.15) is 11.6 Å². The molecule has 0 radical (unpaired) electrons.